The summed E-state index contributed by atoms with van der Waals surface area (Å²) in [5.74, 6) is 1.18. The molecule has 0 saturated carbocycles. The molecule has 16 heavy (non-hydrogen) atoms. The van der Waals surface area contributed by atoms with Crippen molar-refractivity contribution in [1.29, 1.82) is 0 Å². The smallest absolute Gasteiger partial charge is 0.315 e. The number of nitrogens with zero attached hydrogens (tertiary/aromatic N) is 2. The van der Waals surface area contributed by atoms with Crippen LogP contribution in [0.2, 0.25) is 0 Å². The Morgan fingerprint density at radius 3 is 3.12 bits per heavy atom. The third-order valence-corrected chi connectivity index (χ3v) is 2.56. The summed E-state index contributed by atoms with van der Waals surface area (Å²) in [5.41, 5.74) is 0. The zero-order valence-electron chi connectivity index (χ0n) is 9.53. The number of hydrogen-bond donors (Lipinski definition) is 2. The van der Waals surface area contributed by atoms with E-state index in [9.17, 15) is 0 Å². The van der Waals surface area contributed by atoms with E-state index in [-0.39, 0.29) is 0 Å². The molecule has 1 unspecified atom stereocenters. The van der Waals surface area contributed by atoms with Crippen molar-refractivity contribution in [2.45, 2.75) is 19.9 Å². The summed E-state index contributed by atoms with van der Waals surface area (Å²) < 4.78 is 10.7. The summed E-state index contributed by atoms with van der Waals surface area (Å²) in [5, 5.41) is 14.1. The van der Waals surface area contributed by atoms with Crippen molar-refractivity contribution in [1.82, 2.24) is 15.5 Å². The van der Waals surface area contributed by atoms with Gasteiger partial charge in [0.1, 0.15) is 0 Å². The Morgan fingerprint density at radius 2 is 2.38 bits per heavy atom. The zero-order chi connectivity index (χ0) is 11.2. The van der Waals surface area contributed by atoms with Gasteiger partial charge in [-0.05, 0) is 13.0 Å². The molecule has 0 aromatic carbocycles. The van der Waals surface area contributed by atoms with Gasteiger partial charge in [0.25, 0.3) is 0 Å². The minimum Gasteiger partial charge on any atom is -0.407 e. The largest absolute Gasteiger partial charge is 0.407 e. The second-order valence-corrected chi connectivity index (χ2v) is 3.89. The normalized spacial score (nSPS) is 20.2. The number of nitrogens with one attached hydrogen (secondary N) is 2. The third-order valence-electron chi connectivity index (χ3n) is 2.56. The Hall–Kier alpha value is -1.14. The van der Waals surface area contributed by atoms with Gasteiger partial charge in [0.2, 0.25) is 5.89 Å². The molecule has 0 radical (unpaired) electrons. The first-order chi connectivity index (χ1) is 7.88. The molecule has 1 aliphatic heterocycles. The maximum absolute atomic E-state index is 5.41. The van der Waals surface area contributed by atoms with Crippen molar-refractivity contribution in [2.24, 2.45) is 5.92 Å². The maximum atomic E-state index is 5.41. The standard InChI is InChI=1S/C10H18N4O2/c1-2-11-6-9-13-14-10(16-9)12-5-8-3-4-15-7-8/h8,11H,2-7H2,1H3,(H,12,14). The van der Waals surface area contributed by atoms with E-state index >= 15 is 0 Å². The zero-order valence-corrected chi connectivity index (χ0v) is 9.53. The molecule has 1 aromatic heterocycles. The lowest BCUT2D eigenvalue weighted by molar-refractivity contribution is 0.187. The summed E-state index contributed by atoms with van der Waals surface area (Å²) in [6.45, 7) is 6.08. The molecule has 1 fully saturated rings. The molecule has 1 aromatic rings. The third kappa shape index (κ3) is 3.18. The van der Waals surface area contributed by atoms with E-state index in [1.165, 1.54) is 0 Å². The highest BCUT2D eigenvalue weighted by Crippen LogP contribution is 2.13. The van der Waals surface area contributed by atoms with Crippen LogP contribution in [0.1, 0.15) is 19.2 Å². The lowest BCUT2D eigenvalue weighted by Gasteiger charge is -2.06. The Morgan fingerprint density at radius 1 is 1.44 bits per heavy atom. The highest BCUT2D eigenvalue weighted by atomic mass is 16.5. The molecule has 2 N–H and O–H groups in total. The number of anilines is 1. The molecular weight excluding hydrogens is 208 g/mol. The molecular formula is C10H18N4O2. The first-order valence-corrected chi connectivity index (χ1v) is 5.73. The van der Waals surface area contributed by atoms with Gasteiger partial charge in [0.05, 0.1) is 13.2 Å². The van der Waals surface area contributed by atoms with Gasteiger partial charge >= 0.3 is 6.01 Å². The molecule has 6 heteroatoms. The van der Waals surface area contributed by atoms with Crippen LogP contribution in [-0.2, 0) is 11.3 Å². The molecule has 0 aliphatic carbocycles. The van der Waals surface area contributed by atoms with Crippen LogP contribution in [0.25, 0.3) is 0 Å². The molecule has 1 atom stereocenters. The molecule has 6 nitrogen and oxygen atoms in total. The van der Waals surface area contributed by atoms with E-state index in [0.29, 0.717) is 24.4 Å². The van der Waals surface area contributed by atoms with Crippen molar-refractivity contribution >= 4 is 6.01 Å². The highest BCUT2D eigenvalue weighted by Gasteiger charge is 2.16. The van der Waals surface area contributed by atoms with E-state index in [1.807, 2.05) is 6.92 Å². The van der Waals surface area contributed by atoms with Crippen molar-refractivity contribution in [3.63, 3.8) is 0 Å². The van der Waals surface area contributed by atoms with Gasteiger partial charge in [-0.2, -0.15) is 0 Å². The predicted molar refractivity (Wildman–Crippen MR) is 59.1 cm³/mol. The summed E-state index contributed by atoms with van der Waals surface area (Å²) in [4.78, 5) is 0. The van der Waals surface area contributed by atoms with Crippen LogP contribution in [0, 0.1) is 5.92 Å². The molecule has 2 heterocycles. The monoisotopic (exact) mass is 226 g/mol. The van der Waals surface area contributed by atoms with Crippen molar-refractivity contribution in [3.05, 3.63) is 5.89 Å². The van der Waals surface area contributed by atoms with Crippen molar-refractivity contribution in [3.8, 4) is 0 Å². The number of rotatable bonds is 6. The van der Waals surface area contributed by atoms with E-state index in [2.05, 4.69) is 20.8 Å². The number of aromatic nitrogens is 2. The van der Waals surface area contributed by atoms with Gasteiger partial charge in [0, 0.05) is 19.1 Å². The van der Waals surface area contributed by atoms with Gasteiger partial charge < -0.3 is 19.8 Å². The lowest BCUT2D eigenvalue weighted by Crippen LogP contribution is -2.14. The Labute approximate surface area is 94.8 Å². The second kappa shape index (κ2) is 5.81. The summed E-state index contributed by atoms with van der Waals surface area (Å²) >= 11 is 0. The van der Waals surface area contributed by atoms with Crippen LogP contribution in [0.3, 0.4) is 0 Å². The van der Waals surface area contributed by atoms with Crippen LogP contribution >= 0.6 is 0 Å². The minimum absolute atomic E-state index is 0.500. The van der Waals surface area contributed by atoms with Crippen LogP contribution in [0.5, 0.6) is 0 Å². The Kier molecular flexibility index (Phi) is 4.12. The summed E-state index contributed by atoms with van der Waals surface area (Å²) in [6, 6.07) is 0.500. The van der Waals surface area contributed by atoms with E-state index in [1.54, 1.807) is 0 Å². The molecule has 0 spiro atoms. The Bertz CT molecular complexity index is 310. The molecule has 0 bridgehead atoms. The number of hydrogen-bond acceptors (Lipinski definition) is 6. The van der Waals surface area contributed by atoms with Gasteiger partial charge in [-0.25, -0.2) is 0 Å². The van der Waals surface area contributed by atoms with Gasteiger partial charge in [-0.1, -0.05) is 12.0 Å². The fourth-order valence-electron chi connectivity index (χ4n) is 1.60. The number of ether oxygens (including phenoxy) is 1. The fraction of sp³-hybridized carbons (Fsp3) is 0.800. The van der Waals surface area contributed by atoms with Gasteiger partial charge in [0.15, 0.2) is 0 Å². The Balaban J connectivity index is 1.73. The molecule has 90 valence electrons. The van der Waals surface area contributed by atoms with Crippen molar-refractivity contribution in [2.75, 3.05) is 31.6 Å². The summed E-state index contributed by atoms with van der Waals surface area (Å²) in [7, 11) is 0. The topological polar surface area (TPSA) is 72.2 Å². The van der Waals surface area contributed by atoms with Gasteiger partial charge in [-0.3, -0.25) is 0 Å². The highest BCUT2D eigenvalue weighted by molar-refractivity contribution is 5.16. The van der Waals surface area contributed by atoms with Gasteiger partial charge in [-0.15, -0.1) is 5.10 Å². The molecule has 1 aliphatic rings. The van der Waals surface area contributed by atoms with E-state index in [4.69, 9.17) is 9.15 Å². The first-order valence-electron chi connectivity index (χ1n) is 5.73. The molecule has 1 saturated heterocycles. The first kappa shape index (κ1) is 11.3. The lowest BCUT2D eigenvalue weighted by atomic mass is 10.1. The van der Waals surface area contributed by atoms with E-state index < -0.39 is 0 Å². The predicted octanol–water partition coefficient (Wildman–Crippen LogP) is 0.627. The SMILES string of the molecule is CCNCc1nnc(NCC2CCOC2)o1. The van der Waals surface area contributed by atoms with Crippen LogP contribution in [0.15, 0.2) is 4.42 Å². The quantitative estimate of drug-likeness (QED) is 0.741. The summed E-state index contributed by atoms with van der Waals surface area (Å²) in [6.07, 6.45) is 1.10. The van der Waals surface area contributed by atoms with E-state index in [0.717, 1.165) is 32.7 Å². The van der Waals surface area contributed by atoms with Crippen LogP contribution in [0.4, 0.5) is 6.01 Å². The minimum atomic E-state index is 0.500. The van der Waals surface area contributed by atoms with Crippen molar-refractivity contribution < 1.29 is 9.15 Å². The molecule has 0 amide bonds. The van der Waals surface area contributed by atoms with Crippen LogP contribution < -0.4 is 10.6 Å². The average molecular weight is 226 g/mol. The fourth-order valence-corrected chi connectivity index (χ4v) is 1.60. The molecule has 2 rings (SSSR count). The average Bonchev–Trinajstić information content (AvgIpc) is 2.95. The maximum Gasteiger partial charge on any atom is 0.315 e. The van der Waals surface area contributed by atoms with Crippen LogP contribution in [-0.4, -0.2) is 36.5 Å². The second-order valence-electron chi connectivity index (χ2n) is 3.89.